The van der Waals surface area contributed by atoms with Crippen LogP contribution in [0.25, 0.3) is 0 Å². The third-order valence-electron chi connectivity index (χ3n) is 2.01. The Labute approximate surface area is 104 Å². The molecule has 8 heteroatoms. The van der Waals surface area contributed by atoms with E-state index < -0.39 is 4.92 Å². The van der Waals surface area contributed by atoms with Crippen molar-refractivity contribution in [2.24, 2.45) is 0 Å². The molecule has 17 heavy (non-hydrogen) atoms. The summed E-state index contributed by atoms with van der Waals surface area (Å²) in [5, 5.41) is 17.2. The van der Waals surface area contributed by atoms with E-state index in [0.717, 1.165) is 5.69 Å². The fourth-order valence-electron chi connectivity index (χ4n) is 1.21. The lowest BCUT2D eigenvalue weighted by atomic mass is 10.3. The molecule has 1 aromatic carbocycles. The number of nitro benzene ring substituents is 1. The van der Waals surface area contributed by atoms with Crippen LogP contribution in [0, 0.1) is 10.1 Å². The van der Waals surface area contributed by atoms with Crippen molar-refractivity contribution in [2.45, 2.75) is 6.54 Å². The summed E-state index contributed by atoms with van der Waals surface area (Å²) >= 11 is 3.25. The van der Waals surface area contributed by atoms with Crippen LogP contribution in [0.15, 0.2) is 33.6 Å². The van der Waals surface area contributed by atoms with Crippen molar-refractivity contribution in [1.82, 2.24) is 10.1 Å². The van der Waals surface area contributed by atoms with Gasteiger partial charge in [0.15, 0.2) is 5.82 Å². The first-order valence-corrected chi connectivity index (χ1v) is 5.39. The van der Waals surface area contributed by atoms with Crippen LogP contribution >= 0.6 is 15.9 Å². The van der Waals surface area contributed by atoms with Gasteiger partial charge in [0.1, 0.15) is 0 Å². The van der Waals surface area contributed by atoms with Gasteiger partial charge in [-0.15, -0.1) is 0 Å². The van der Waals surface area contributed by atoms with Gasteiger partial charge in [-0.1, -0.05) is 5.16 Å². The van der Waals surface area contributed by atoms with Crippen LogP contribution in [-0.2, 0) is 6.54 Å². The molecule has 2 rings (SSSR count). The fourth-order valence-corrected chi connectivity index (χ4v) is 1.71. The van der Waals surface area contributed by atoms with Gasteiger partial charge in [0.25, 0.3) is 5.69 Å². The number of nitrogens with zero attached hydrogens (tertiary/aromatic N) is 3. The van der Waals surface area contributed by atoms with Gasteiger partial charge in [-0.3, -0.25) is 10.1 Å². The molecule has 0 aliphatic rings. The van der Waals surface area contributed by atoms with E-state index in [-0.39, 0.29) is 5.69 Å². The van der Waals surface area contributed by atoms with Gasteiger partial charge in [0.05, 0.1) is 11.5 Å². The van der Waals surface area contributed by atoms with Crippen LogP contribution in [0.1, 0.15) is 5.82 Å². The Bertz CT molecular complexity index is 529. The smallest absolute Gasteiger partial charge is 0.270 e. The molecule has 2 aromatic rings. The van der Waals surface area contributed by atoms with Crippen molar-refractivity contribution in [2.75, 3.05) is 5.32 Å². The molecule has 0 amide bonds. The molecule has 1 heterocycles. The van der Waals surface area contributed by atoms with Gasteiger partial charge >= 0.3 is 0 Å². The Morgan fingerprint density at radius 3 is 2.94 bits per heavy atom. The van der Waals surface area contributed by atoms with Crippen LogP contribution in [-0.4, -0.2) is 15.1 Å². The number of nitrogens with one attached hydrogen (secondary N) is 1. The molecule has 0 saturated carbocycles. The minimum Gasteiger partial charge on any atom is -0.377 e. The van der Waals surface area contributed by atoms with Crippen molar-refractivity contribution in [1.29, 1.82) is 0 Å². The lowest BCUT2D eigenvalue weighted by Crippen LogP contribution is -2.02. The van der Waals surface area contributed by atoms with Crippen LogP contribution in [0.3, 0.4) is 0 Å². The first kappa shape index (κ1) is 11.5. The molecule has 88 valence electrons. The Hall–Kier alpha value is -1.96. The first-order chi connectivity index (χ1) is 8.16. The third kappa shape index (κ3) is 2.78. The summed E-state index contributed by atoms with van der Waals surface area (Å²) in [4.78, 5) is 13.9. The van der Waals surface area contributed by atoms with Gasteiger partial charge in [0.2, 0.25) is 6.39 Å². The largest absolute Gasteiger partial charge is 0.377 e. The highest BCUT2D eigenvalue weighted by Crippen LogP contribution is 2.27. The quantitative estimate of drug-likeness (QED) is 0.688. The second kappa shape index (κ2) is 4.91. The topological polar surface area (TPSA) is 94.1 Å². The van der Waals surface area contributed by atoms with E-state index in [2.05, 4.69) is 35.9 Å². The molecule has 0 aliphatic heterocycles. The standard InChI is InChI=1S/C9H7BrN4O3/c10-7-3-6(14(15)16)1-2-8(7)11-4-9-12-5-17-13-9/h1-3,5,11H,4H2. The molecule has 0 radical (unpaired) electrons. The number of benzene rings is 1. The normalized spacial score (nSPS) is 10.2. The van der Waals surface area contributed by atoms with E-state index in [1.54, 1.807) is 6.07 Å². The number of halogens is 1. The molecule has 0 aliphatic carbocycles. The average Bonchev–Trinajstić information content (AvgIpc) is 2.80. The lowest BCUT2D eigenvalue weighted by molar-refractivity contribution is -0.384. The number of aromatic nitrogens is 2. The zero-order valence-electron chi connectivity index (χ0n) is 8.46. The van der Waals surface area contributed by atoms with E-state index in [1.165, 1.54) is 18.5 Å². The van der Waals surface area contributed by atoms with Crippen LogP contribution in [0.2, 0.25) is 0 Å². The molecule has 0 saturated heterocycles. The summed E-state index contributed by atoms with van der Waals surface area (Å²) in [5.41, 5.74) is 0.752. The predicted molar refractivity (Wildman–Crippen MR) is 62.4 cm³/mol. The molecular weight excluding hydrogens is 292 g/mol. The maximum Gasteiger partial charge on any atom is 0.270 e. The van der Waals surface area contributed by atoms with Gasteiger partial charge in [-0.25, -0.2) is 0 Å². The summed E-state index contributed by atoms with van der Waals surface area (Å²) in [6, 6.07) is 4.46. The lowest BCUT2D eigenvalue weighted by Gasteiger charge is -2.05. The SMILES string of the molecule is O=[N+]([O-])c1ccc(NCc2ncon2)c(Br)c1. The maximum atomic E-state index is 10.5. The highest BCUT2D eigenvalue weighted by atomic mass is 79.9. The van der Waals surface area contributed by atoms with Gasteiger partial charge < -0.3 is 9.84 Å². The van der Waals surface area contributed by atoms with Crippen molar-refractivity contribution in [3.05, 3.63) is 45.0 Å². The van der Waals surface area contributed by atoms with Crippen molar-refractivity contribution in [3.8, 4) is 0 Å². The fraction of sp³-hybridized carbons (Fsp3) is 0.111. The Morgan fingerprint density at radius 1 is 1.53 bits per heavy atom. The molecule has 0 fully saturated rings. The van der Waals surface area contributed by atoms with Crippen molar-refractivity contribution >= 4 is 27.3 Å². The zero-order valence-corrected chi connectivity index (χ0v) is 10.0. The average molecular weight is 299 g/mol. The highest BCUT2D eigenvalue weighted by Gasteiger charge is 2.09. The van der Waals surface area contributed by atoms with Gasteiger partial charge in [-0.2, -0.15) is 4.98 Å². The summed E-state index contributed by atoms with van der Waals surface area (Å²) in [6.07, 6.45) is 1.24. The van der Waals surface area contributed by atoms with E-state index in [4.69, 9.17) is 0 Å². The molecule has 0 unspecified atom stereocenters. The molecular formula is C9H7BrN4O3. The van der Waals surface area contributed by atoms with E-state index >= 15 is 0 Å². The molecule has 1 aromatic heterocycles. The monoisotopic (exact) mass is 298 g/mol. The van der Waals surface area contributed by atoms with Crippen LogP contribution in [0.4, 0.5) is 11.4 Å². The number of hydrogen-bond acceptors (Lipinski definition) is 6. The minimum atomic E-state index is -0.451. The van der Waals surface area contributed by atoms with Gasteiger partial charge in [-0.05, 0) is 22.0 Å². The summed E-state index contributed by atoms with van der Waals surface area (Å²) in [6.45, 7) is 0.382. The van der Waals surface area contributed by atoms with Gasteiger partial charge in [0, 0.05) is 22.3 Å². The molecule has 0 bridgehead atoms. The number of nitro groups is 1. The van der Waals surface area contributed by atoms with E-state index in [0.29, 0.717) is 16.8 Å². The predicted octanol–water partition coefficient (Wildman–Crippen LogP) is 2.35. The number of rotatable bonds is 4. The van der Waals surface area contributed by atoms with Crippen LogP contribution in [0.5, 0.6) is 0 Å². The Balaban J connectivity index is 2.09. The van der Waals surface area contributed by atoms with E-state index in [9.17, 15) is 10.1 Å². The summed E-state index contributed by atoms with van der Waals surface area (Å²) < 4.78 is 5.19. The maximum absolute atomic E-state index is 10.5. The summed E-state index contributed by atoms with van der Waals surface area (Å²) in [7, 11) is 0. The second-order valence-corrected chi connectivity index (χ2v) is 3.98. The zero-order chi connectivity index (χ0) is 12.3. The van der Waals surface area contributed by atoms with E-state index in [1.807, 2.05) is 0 Å². The minimum absolute atomic E-state index is 0.0296. The number of hydrogen-bond donors (Lipinski definition) is 1. The van der Waals surface area contributed by atoms with Crippen molar-refractivity contribution in [3.63, 3.8) is 0 Å². The molecule has 1 N–H and O–H groups in total. The number of anilines is 1. The molecule has 7 nitrogen and oxygen atoms in total. The molecule has 0 spiro atoms. The van der Waals surface area contributed by atoms with Crippen molar-refractivity contribution < 1.29 is 9.45 Å². The Kier molecular flexibility index (Phi) is 3.33. The molecule has 0 atom stereocenters. The summed E-state index contributed by atoms with van der Waals surface area (Å²) in [5.74, 6) is 0.509. The second-order valence-electron chi connectivity index (χ2n) is 3.12. The Morgan fingerprint density at radius 2 is 2.35 bits per heavy atom. The highest BCUT2D eigenvalue weighted by molar-refractivity contribution is 9.10. The number of non-ortho nitro benzene ring substituents is 1. The third-order valence-corrected chi connectivity index (χ3v) is 2.66. The van der Waals surface area contributed by atoms with Crippen LogP contribution < -0.4 is 5.32 Å². The first-order valence-electron chi connectivity index (χ1n) is 4.60.